The summed E-state index contributed by atoms with van der Waals surface area (Å²) in [5.41, 5.74) is 7.69. The lowest BCUT2D eigenvalue weighted by Crippen LogP contribution is -2.46. The first-order valence-corrected chi connectivity index (χ1v) is 15.7. The highest BCUT2D eigenvalue weighted by molar-refractivity contribution is 7.13. The van der Waals surface area contributed by atoms with E-state index in [1.165, 1.54) is 17.0 Å². The van der Waals surface area contributed by atoms with Crippen molar-refractivity contribution in [3.8, 4) is 11.1 Å². The van der Waals surface area contributed by atoms with E-state index < -0.39 is 12.2 Å². The second-order valence-electron chi connectivity index (χ2n) is 11.5. The molecule has 5 aromatic rings. The van der Waals surface area contributed by atoms with Crippen LogP contribution in [0.2, 0.25) is 0 Å². The highest BCUT2D eigenvalue weighted by Gasteiger charge is 2.34. The quantitative estimate of drug-likeness (QED) is 0.276. The van der Waals surface area contributed by atoms with Crippen LogP contribution in [0.15, 0.2) is 54.4 Å². The van der Waals surface area contributed by atoms with Crippen LogP contribution in [-0.2, 0) is 17.8 Å². The van der Waals surface area contributed by atoms with Gasteiger partial charge in [-0.25, -0.2) is 14.4 Å². The Labute approximate surface area is 254 Å². The number of rotatable bonds is 7. The van der Waals surface area contributed by atoms with E-state index >= 15 is 0 Å². The second-order valence-corrected chi connectivity index (χ2v) is 12.4. The number of aromatic nitrogens is 5. The number of benzene rings is 2. The van der Waals surface area contributed by atoms with Crippen LogP contribution >= 0.6 is 11.3 Å². The number of hydrogen-bond acceptors (Lipinski definition) is 7. The Morgan fingerprint density at radius 2 is 1.93 bits per heavy atom. The van der Waals surface area contributed by atoms with Gasteiger partial charge in [-0.2, -0.15) is 5.10 Å². The van der Waals surface area contributed by atoms with Crippen molar-refractivity contribution in [1.82, 2.24) is 29.2 Å². The molecule has 5 heterocycles. The number of fused-ring (bicyclic) bond motifs is 2. The summed E-state index contributed by atoms with van der Waals surface area (Å²) in [6.45, 7) is 12.0. The molecule has 222 valence electrons. The predicted molar refractivity (Wildman–Crippen MR) is 169 cm³/mol. The van der Waals surface area contributed by atoms with Crippen LogP contribution < -0.4 is 10.2 Å². The van der Waals surface area contributed by atoms with E-state index in [0.717, 1.165) is 71.6 Å². The maximum absolute atomic E-state index is 14.4. The molecule has 43 heavy (non-hydrogen) atoms. The van der Waals surface area contributed by atoms with Gasteiger partial charge >= 0.3 is 0 Å². The number of alkyl halides is 1. The monoisotopic (exact) mass is 598 g/mol. The molecule has 11 heteroatoms. The summed E-state index contributed by atoms with van der Waals surface area (Å²) in [7, 11) is 0. The Balaban J connectivity index is 1.24. The van der Waals surface area contributed by atoms with Crippen LogP contribution in [0.1, 0.15) is 35.5 Å². The average Bonchev–Trinajstić information content (AvgIpc) is 3.82. The summed E-state index contributed by atoms with van der Waals surface area (Å²) in [6, 6.07) is 10.1. The number of piperazine rings is 1. The lowest BCUT2D eigenvalue weighted by Gasteiger charge is -2.35. The number of likely N-dealkylation sites (N-methyl/N-ethyl adjacent to an activating group) is 1. The largest absolute Gasteiger partial charge is 0.369 e. The normalized spacial score (nSPS) is 17.9. The molecule has 1 amide bonds. The number of halogens is 1. The Kier molecular flexibility index (Phi) is 7.22. The van der Waals surface area contributed by atoms with E-state index in [0.29, 0.717) is 10.8 Å². The molecule has 2 atom stereocenters. The van der Waals surface area contributed by atoms with Gasteiger partial charge in [0, 0.05) is 67.1 Å². The summed E-state index contributed by atoms with van der Waals surface area (Å²) in [6.07, 6.45) is 4.42. The number of anilines is 2. The number of carbonyl (C=O) groups is 1. The molecule has 1 saturated heterocycles. The fourth-order valence-electron chi connectivity index (χ4n) is 6.44. The maximum Gasteiger partial charge on any atom is 0.257 e. The summed E-state index contributed by atoms with van der Waals surface area (Å²) in [5, 5.41) is 11.2. The molecular formula is C32H35FN8OS. The molecule has 0 aliphatic carbocycles. The van der Waals surface area contributed by atoms with Crippen LogP contribution in [0.25, 0.3) is 22.0 Å². The molecule has 1 fully saturated rings. The standard InChI is InChI=1S/C32H35FN8OS/c1-4-38-10-12-39(13-11-38)24-7-5-22(6-8-24)25-15-20(2)26-18-41(37-28(26)21(25)3)30(31(42)36-32-34-9-14-43-32)29-27-16-23(33)17-40(27)19-35-29/h5-9,14-15,18-19,23,30H,4,10-13,16-17H2,1-3H3,(H,34,36,42). The molecule has 0 bridgehead atoms. The van der Waals surface area contributed by atoms with Crippen LogP contribution in [0.3, 0.4) is 0 Å². The number of aryl methyl sites for hydroxylation is 2. The summed E-state index contributed by atoms with van der Waals surface area (Å²) in [5.74, 6) is -0.308. The summed E-state index contributed by atoms with van der Waals surface area (Å²) >= 11 is 1.34. The molecule has 1 N–H and O–H groups in total. The number of hydrogen-bond donors (Lipinski definition) is 1. The SMILES string of the molecule is CCN1CCN(c2ccc(-c3cc(C)c4cn(C(C(=O)Nc5nccs5)c5ncn6c5CC(F)C6)nc4c3C)cc2)CC1. The zero-order chi connectivity index (χ0) is 29.7. The van der Waals surface area contributed by atoms with Gasteiger partial charge in [-0.3, -0.25) is 14.8 Å². The number of carbonyl (C=O) groups excluding carboxylic acids is 1. The molecule has 3 aromatic heterocycles. The summed E-state index contributed by atoms with van der Waals surface area (Å²) < 4.78 is 17.8. The lowest BCUT2D eigenvalue weighted by atomic mass is 9.95. The van der Waals surface area contributed by atoms with Crippen LogP contribution in [-0.4, -0.2) is 74.0 Å². The van der Waals surface area contributed by atoms with Crippen molar-refractivity contribution in [2.75, 3.05) is 42.9 Å². The molecule has 2 aliphatic rings. The van der Waals surface area contributed by atoms with Gasteiger partial charge in [0.05, 0.1) is 24.1 Å². The molecule has 7 rings (SSSR count). The van der Waals surface area contributed by atoms with Crippen LogP contribution in [0.4, 0.5) is 15.2 Å². The van der Waals surface area contributed by atoms with E-state index in [9.17, 15) is 9.18 Å². The number of thiazole rings is 1. The van der Waals surface area contributed by atoms with Gasteiger partial charge in [-0.05, 0) is 54.8 Å². The van der Waals surface area contributed by atoms with Crippen molar-refractivity contribution in [3.63, 3.8) is 0 Å². The van der Waals surface area contributed by atoms with E-state index in [2.05, 4.69) is 76.2 Å². The van der Waals surface area contributed by atoms with Gasteiger partial charge in [0.1, 0.15) is 6.17 Å². The summed E-state index contributed by atoms with van der Waals surface area (Å²) in [4.78, 5) is 27.5. The molecular weight excluding hydrogens is 563 g/mol. The minimum absolute atomic E-state index is 0.226. The van der Waals surface area contributed by atoms with Gasteiger partial charge in [0.15, 0.2) is 11.2 Å². The zero-order valence-corrected chi connectivity index (χ0v) is 25.4. The first-order valence-electron chi connectivity index (χ1n) is 14.8. The maximum atomic E-state index is 14.4. The van der Waals surface area contributed by atoms with E-state index in [-0.39, 0.29) is 18.9 Å². The van der Waals surface area contributed by atoms with Crippen LogP contribution in [0, 0.1) is 13.8 Å². The predicted octanol–water partition coefficient (Wildman–Crippen LogP) is 5.24. The highest BCUT2D eigenvalue weighted by atomic mass is 32.1. The molecule has 0 spiro atoms. The topological polar surface area (TPSA) is 84.1 Å². The van der Waals surface area contributed by atoms with Crippen molar-refractivity contribution >= 4 is 39.0 Å². The van der Waals surface area contributed by atoms with Crippen molar-refractivity contribution in [1.29, 1.82) is 0 Å². The zero-order valence-electron chi connectivity index (χ0n) is 24.6. The minimum Gasteiger partial charge on any atom is -0.369 e. The van der Waals surface area contributed by atoms with Gasteiger partial charge in [0.2, 0.25) is 0 Å². The molecule has 0 saturated carbocycles. The minimum atomic E-state index is -0.990. The first kappa shape index (κ1) is 27.7. The molecule has 9 nitrogen and oxygen atoms in total. The second kappa shape index (κ2) is 11.2. The smallest absolute Gasteiger partial charge is 0.257 e. The highest BCUT2D eigenvalue weighted by Crippen LogP contribution is 2.35. The molecule has 2 aliphatic heterocycles. The number of nitrogens with one attached hydrogen (secondary N) is 1. The van der Waals surface area contributed by atoms with E-state index in [1.54, 1.807) is 21.8 Å². The van der Waals surface area contributed by atoms with Gasteiger partial charge in [-0.1, -0.05) is 25.1 Å². The lowest BCUT2D eigenvalue weighted by molar-refractivity contribution is -0.118. The number of amides is 1. The van der Waals surface area contributed by atoms with Crippen molar-refractivity contribution in [2.24, 2.45) is 0 Å². The third-order valence-electron chi connectivity index (χ3n) is 8.86. The van der Waals surface area contributed by atoms with Gasteiger partial charge in [0.25, 0.3) is 5.91 Å². The number of imidazole rings is 1. The van der Waals surface area contributed by atoms with Crippen LogP contribution in [0.5, 0.6) is 0 Å². The third kappa shape index (κ3) is 5.10. The molecule has 2 unspecified atom stereocenters. The van der Waals surface area contributed by atoms with Crippen molar-refractivity contribution < 1.29 is 9.18 Å². The molecule has 0 radical (unpaired) electrons. The van der Waals surface area contributed by atoms with Crippen molar-refractivity contribution in [3.05, 3.63) is 76.9 Å². The number of nitrogens with zero attached hydrogens (tertiary/aromatic N) is 7. The Morgan fingerprint density at radius 1 is 1.14 bits per heavy atom. The van der Waals surface area contributed by atoms with Gasteiger partial charge in [-0.15, -0.1) is 11.3 Å². The van der Waals surface area contributed by atoms with E-state index in [4.69, 9.17) is 5.10 Å². The Bertz CT molecular complexity index is 1770. The van der Waals surface area contributed by atoms with Crippen molar-refractivity contribution in [2.45, 2.75) is 46.0 Å². The first-order chi connectivity index (χ1) is 20.9. The average molecular weight is 599 g/mol. The third-order valence-corrected chi connectivity index (χ3v) is 9.55. The molecule has 2 aromatic carbocycles. The fraction of sp³-hybridized carbons (Fsp3) is 0.375. The fourth-order valence-corrected chi connectivity index (χ4v) is 6.97. The van der Waals surface area contributed by atoms with Gasteiger partial charge < -0.3 is 14.4 Å². The van der Waals surface area contributed by atoms with E-state index in [1.807, 2.05) is 11.6 Å². The Morgan fingerprint density at radius 3 is 2.65 bits per heavy atom. The Hall–Kier alpha value is -4.09.